The van der Waals surface area contributed by atoms with Gasteiger partial charge < -0.3 is 20.1 Å². The standard InChI is InChI=1S/C20H19N3O3/c1-25-19-4-2-3-16(13-19)23-20(24)14-22-15-5-7-17(8-6-15)26-18-9-11-21-12-10-18/h2-13,22H,14H2,1H3,(H,23,24). The summed E-state index contributed by atoms with van der Waals surface area (Å²) in [5.41, 5.74) is 1.52. The van der Waals surface area contributed by atoms with Crippen molar-refractivity contribution in [3.63, 3.8) is 0 Å². The normalized spacial score (nSPS) is 10.0. The topological polar surface area (TPSA) is 72.5 Å². The van der Waals surface area contributed by atoms with Gasteiger partial charge in [0.1, 0.15) is 17.2 Å². The van der Waals surface area contributed by atoms with E-state index in [0.29, 0.717) is 17.2 Å². The van der Waals surface area contributed by atoms with Gasteiger partial charge in [0, 0.05) is 29.8 Å². The number of carbonyl (C=O) groups excluding carboxylic acids is 1. The van der Waals surface area contributed by atoms with Gasteiger partial charge in [-0.25, -0.2) is 0 Å². The molecule has 0 fully saturated rings. The van der Waals surface area contributed by atoms with Gasteiger partial charge in [0.15, 0.2) is 0 Å². The van der Waals surface area contributed by atoms with Gasteiger partial charge in [0.05, 0.1) is 13.7 Å². The second-order valence-electron chi connectivity index (χ2n) is 5.44. The molecular formula is C20H19N3O3. The highest BCUT2D eigenvalue weighted by Gasteiger charge is 2.04. The number of rotatable bonds is 7. The number of anilines is 2. The summed E-state index contributed by atoms with van der Waals surface area (Å²) in [5, 5.41) is 5.89. The molecule has 0 unspecified atom stereocenters. The molecule has 1 aromatic heterocycles. The third-order valence-corrected chi connectivity index (χ3v) is 3.55. The maximum absolute atomic E-state index is 12.0. The fourth-order valence-electron chi connectivity index (χ4n) is 2.27. The lowest BCUT2D eigenvalue weighted by atomic mass is 10.3. The van der Waals surface area contributed by atoms with Gasteiger partial charge in [-0.3, -0.25) is 9.78 Å². The Labute approximate surface area is 151 Å². The molecule has 1 heterocycles. The summed E-state index contributed by atoms with van der Waals surface area (Å²) in [5.74, 6) is 1.98. The minimum atomic E-state index is -0.143. The molecule has 3 rings (SSSR count). The minimum absolute atomic E-state index is 0.143. The number of methoxy groups -OCH3 is 1. The Morgan fingerprint density at radius 2 is 1.65 bits per heavy atom. The van der Waals surface area contributed by atoms with Crippen LogP contribution in [0.15, 0.2) is 73.1 Å². The second-order valence-corrected chi connectivity index (χ2v) is 5.44. The molecule has 0 aliphatic heterocycles. The monoisotopic (exact) mass is 349 g/mol. The molecular weight excluding hydrogens is 330 g/mol. The van der Waals surface area contributed by atoms with Crippen molar-refractivity contribution in [1.29, 1.82) is 0 Å². The number of pyridine rings is 1. The first-order chi connectivity index (χ1) is 12.7. The number of carbonyl (C=O) groups is 1. The van der Waals surface area contributed by atoms with Crippen molar-refractivity contribution in [2.24, 2.45) is 0 Å². The van der Waals surface area contributed by atoms with Gasteiger partial charge in [-0.15, -0.1) is 0 Å². The number of benzene rings is 2. The summed E-state index contributed by atoms with van der Waals surface area (Å²) in [7, 11) is 1.59. The molecule has 132 valence electrons. The molecule has 2 N–H and O–H groups in total. The Morgan fingerprint density at radius 1 is 0.923 bits per heavy atom. The quantitative estimate of drug-likeness (QED) is 0.676. The molecule has 0 radical (unpaired) electrons. The van der Waals surface area contributed by atoms with E-state index in [0.717, 1.165) is 11.4 Å². The fourth-order valence-corrected chi connectivity index (χ4v) is 2.27. The number of aromatic nitrogens is 1. The zero-order chi connectivity index (χ0) is 18.2. The van der Waals surface area contributed by atoms with Gasteiger partial charge in [0.2, 0.25) is 5.91 Å². The van der Waals surface area contributed by atoms with Crippen LogP contribution in [0, 0.1) is 0 Å². The first kappa shape index (κ1) is 17.3. The van der Waals surface area contributed by atoms with Crippen LogP contribution >= 0.6 is 0 Å². The van der Waals surface area contributed by atoms with Crippen LogP contribution in [-0.2, 0) is 4.79 Å². The number of nitrogens with zero attached hydrogens (tertiary/aromatic N) is 1. The third-order valence-electron chi connectivity index (χ3n) is 3.55. The van der Waals surface area contributed by atoms with Crippen LogP contribution in [0.1, 0.15) is 0 Å². The van der Waals surface area contributed by atoms with Crippen LogP contribution in [0.2, 0.25) is 0 Å². The summed E-state index contributed by atoms with van der Waals surface area (Å²) >= 11 is 0. The molecule has 0 saturated carbocycles. The van der Waals surface area contributed by atoms with Crippen molar-refractivity contribution in [3.05, 3.63) is 73.1 Å². The molecule has 0 spiro atoms. The van der Waals surface area contributed by atoms with Gasteiger partial charge in [-0.05, 0) is 48.5 Å². The van der Waals surface area contributed by atoms with Gasteiger partial charge in [0.25, 0.3) is 0 Å². The lowest BCUT2D eigenvalue weighted by Gasteiger charge is -2.10. The number of hydrogen-bond donors (Lipinski definition) is 2. The Bertz CT molecular complexity index is 852. The highest BCUT2D eigenvalue weighted by Crippen LogP contribution is 2.22. The van der Waals surface area contributed by atoms with Crippen LogP contribution in [-0.4, -0.2) is 24.5 Å². The zero-order valence-corrected chi connectivity index (χ0v) is 14.3. The first-order valence-corrected chi connectivity index (χ1v) is 8.09. The minimum Gasteiger partial charge on any atom is -0.497 e. The van der Waals surface area contributed by atoms with Crippen LogP contribution in [0.25, 0.3) is 0 Å². The number of nitrogens with one attached hydrogen (secondary N) is 2. The van der Waals surface area contributed by atoms with Crippen LogP contribution < -0.4 is 20.1 Å². The predicted octanol–water partition coefficient (Wildman–Crippen LogP) is 3.93. The number of ether oxygens (including phenoxy) is 2. The van der Waals surface area contributed by atoms with E-state index >= 15 is 0 Å². The van der Waals surface area contributed by atoms with Gasteiger partial charge >= 0.3 is 0 Å². The highest BCUT2D eigenvalue weighted by atomic mass is 16.5. The lowest BCUT2D eigenvalue weighted by Crippen LogP contribution is -2.21. The van der Waals surface area contributed by atoms with Crippen molar-refractivity contribution in [1.82, 2.24) is 4.98 Å². The average molecular weight is 349 g/mol. The van der Waals surface area contributed by atoms with Crippen LogP contribution in [0.5, 0.6) is 17.2 Å². The largest absolute Gasteiger partial charge is 0.497 e. The predicted molar refractivity (Wildman–Crippen MR) is 101 cm³/mol. The number of amides is 1. The van der Waals surface area contributed by atoms with Crippen molar-refractivity contribution in [2.75, 3.05) is 24.3 Å². The molecule has 2 aromatic carbocycles. The van der Waals surface area contributed by atoms with Crippen molar-refractivity contribution in [3.8, 4) is 17.2 Å². The summed E-state index contributed by atoms with van der Waals surface area (Å²) < 4.78 is 10.8. The molecule has 26 heavy (non-hydrogen) atoms. The summed E-state index contributed by atoms with van der Waals surface area (Å²) in [6, 6.07) is 18.2. The molecule has 6 heteroatoms. The van der Waals surface area contributed by atoms with Crippen molar-refractivity contribution < 1.29 is 14.3 Å². The van der Waals surface area contributed by atoms with Crippen LogP contribution in [0.3, 0.4) is 0 Å². The highest BCUT2D eigenvalue weighted by molar-refractivity contribution is 5.93. The van der Waals surface area contributed by atoms with Gasteiger partial charge in [-0.1, -0.05) is 6.07 Å². The zero-order valence-electron chi connectivity index (χ0n) is 14.3. The molecule has 0 saturated heterocycles. The SMILES string of the molecule is COc1cccc(NC(=O)CNc2ccc(Oc3ccncc3)cc2)c1. The second kappa shape index (κ2) is 8.53. The van der Waals surface area contributed by atoms with E-state index in [1.165, 1.54) is 0 Å². The smallest absolute Gasteiger partial charge is 0.243 e. The van der Waals surface area contributed by atoms with E-state index in [1.807, 2.05) is 42.5 Å². The molecule has 1 amide bonds. The molecule has 3 aromatic rings. The Balaban J connectivity index is 1.50. The molecule has 6 nitrogen and oxygen atoms in total. The molecule has 0 aliphatic carbocycles. The van der Waals surface area contributed by atoms with Gasteiger partial charge in [-0.2, -0.15) is 0 Å². The third kappa shape index (κ3) is 4.98. The van der Waals surface area contributed by atoms with E-state index in [1.54, 1.807) is 37.7 Å². The molecule has 0 aliphatic rings. The molecule has 0 atom stereocenters. The number of hydrogen-bond acceptors (Lipinski definition) is 5. The Morgan fingerprint density at radius 3 is 2.38 bits per heavy atom. The summed E-state index contributed by atoms with van der Waals surface area (Å²) in [4.78, 5) is 16.0. The van der Waals surface area contributed by atoms with E-state index in [9.17, 15) is 4.79 Å². The molecule has 0 bridgehead atoms. The summed E-state index contributed by atoms with van der Waals surface area (Å²) in [6.07, 6.45) is 3.35. The van der Waals surface area contributed by atoms with Crippen LogP contribution in [0.4, 0.5) is 11.4 Å². The maximum atomic E-state index is 12.0. The first-order valence-electron chi connectivity index (χ1n) is 8.09. The van der Waals surface area contributed by atoms with E-state index in [2.05, 4.69) is 15.6 Å². The average Bonchev–Trinajstić information content (AvgIpc) is 2.68. The maximum Gasteiger partial charge on any atom is 0.243 e. The fraction of sp³-hybridized carbons (Fsp3) is 0.100. The Kier molecular flexibility index (Phi) is 5.67. The Hall–Kier alpha value is -3.54. The van der Waals surface area contributed by atoms with E-state index in [4.69, 9.17) is 9.47 Å². The van der Waals surface area contributed by atoms with Crippen molar-refractivity contribution >= 4 is 17.3 Å². The van der Waals surface area contributed by atoms with Crippen molar-refractivity contribution in [2.45, 2.75) is 0 Å². The lowest BCUT2D eigenvalue weighted by molar-refractivity contribution is -0.114. The van der Waals surface area contributed by atoms with E-state index < -0.39 is 0 Å². The summed E-state index contributed by atoms with van der Waals surface area (Å²) in [6.45, 7) is 0.155. The van der Waals surface area contributed by atoms with E-state index in [-0.39, 0.29) is 12.5 Å².